The SMILES string of the molecule is CCc1ccc(-c2cnc(Nc3cc(C(=O)N(C)CCOC)ccc3C)o2)cc1-c1ccc[nH]c1=O. The number of hydrogen-bond acceptors (Lipinski definition) is 6. The molecule has 0 bridgehead atoms. The fraction of sp³-hybridized carbons (Fsp3) is 0.250. The molecule has 4 rings (SSSR count). The van der Waals surface area contributed by atoms with Crippen LogP contribution in [0.3, 0.4) is 0 Å². The van der Waals surface area contributed by atoms with Gasteiger partial charge in [0.15, 0.2) is 5.76 Å². The molecule has 0 saturated heterocycles. The zero-order chi connectivity index (χ0) is 25.7. The van der Waals surface area contributed by atoms with Crippen molar-refractivity contribution in [1.82, 2.24) is 14.9 Å². The number of benzene rings is 2. The lowest BCUT2D eigenvalue weighted by molar-refractivity contribution is 0.0744. The first-order valence-electron chi connectivity index (χ1n) is 11.8. The molecule has 0 aliphatic rings. The van der Waals surface area contributed by atoms with Gasteiger partial charge in [-0.3, -0.25) is 9.59 Å². The fourth-order valence-electron chi connectivity index (χ4n) is 3.94. The molecule has 2 N–H and O–H groups in total. The van der Waals surface area contributed by atoms with E-state index in [-0.39, 0.29) is 11.5 Å². The highest BCUT2D eigenvalue weighted by Crippen LogP contribution is 2.31. The number of amides is 1. The topological polar surface area (TPSA) is 100 Å². The van der Waals surface area contributed by atoms with Crippen molar-refractivity contribution >= 4 is 17.6 Å². The van der Waals surface area contributed by atoms with Gasteiger partial charge in [0, 0.05) is 49.3 Å². The van der Waals surface area contributed by atoms with Crippen molar-refractivity contribution in [3.05, 3.63) is 88.0 Å². The highest BCUT2D eigenvalue weighted by Gasteiger charge is 2.15. The number of H-pyrrole nitrogens is 1. The summed E-state index contributed by atoms with van der Waals surface area (Å²) in [6.45, 7) is 4.98. The lowest BCUT2D eigenvalue weighted by Crippen LogP contribution is -2.29. The summed E-state index contributed by atoms with van der Waals surface area (Å²) in [5, 5.41) is 3.19. The minimum absolute atomic E-state index is 0.0948. The molecule has 0 spiro atoms. The van der Waals surface area contributed by atoms with E-state index in [1.807, 2.05) is 43.3 Å². The molecule has 2 heterocycles. The van der Waals surface area contributed by atoms with Crippen LogP contribution in [0.2, 0.25) is 0 Å². The van der Waals surface area contributed by atoms with Crippen molar-refractivity contribution in [1.29, 1.82) is 0 Å². The van der Waals surface area contributed by atoms with Gasteiger partial charge in [0.25, 0.3) is 17.5 Å². The van der Waals surface area contributed by atoms with Crippen LogP contribution in [0.1, 0.15) is 28.4 Å². The number of carbonyl (C=O) groups excluding carboxylic acids is 1. The molecule has 8 nitrogen and oxygen atoms in total. The van der Waals surface area contributed by atoms with Crippen LogP contribution in [-0.2, 0) is 11.2 Å². The van der Waals surface area contributed by atoms with Crippen LogP contribution in [0.5, 0.6) is 0 Å². The van der Waals surface area contributed by atoms with Crippen molar-refractivity contribution in [3.8, 4) is 22.5 Å². The number of aromatic nitrogens is 2. The molecule has 0 aliphatic heterocycles. The van der Waals surface area contributed by atoms with Crippen LogP contribution < -0.4 is 10.9 Å². The number of anilines is 2. The Morgan fingerprint density at radius 2 is 2.00 bits per heavy atom. The van der Waals surface area contributed by atoms with Crippen LogP contribution >= 0.6 is 0 Å². The van der Waals surface area contributed by atoms with Crippen molar-refractivity contribution < 1.29 is 13.9 Å². The minimum atomic E-state index is -0.137. The molecule has 36 heavy (non-hydrogen) atoms. The standard InChI is InChI=1S/C28H30N4O4/c1-5-19-10-11-20(15-23(19)22-7-6-12-29-26(22)33)25-17-30-28(36-25)31-24-16-21(9-8-18(24)2)27(34)32(3)13-14-35-4/h6-12,15-17H,5,13-14H2,1-4H3,(H,29,33)(H,30,31). The monoisotopic (exact) mass is 486 g/mol. The fourth-order valence-corrected chi connectivity index (χ4v) is 3.94. The third kappa shape index (κ3) is 5.39. The van der Waals surface area contributed by atoms with Crippen LogP contribution in [0.15, 0.2) is 70.1 Å². The van der Waals surface area contributed by atoms with Gasteiger partial charge in [0.1, 0.15) is 0 Å². The third-order valence-electron chi connectivity index (χ3n) is 6.09. The average Bonchev–Trinajstić information content (AvgIpc) is 3.36. The van der Waals surface area contributed by atoms with E-state index in [2.05, 4.69) is 22.2 Å². The first-order chi connectivity index (χ1) is 17.4. The molecule has 2 aromatic heterocycles. The largest absolute Gasteiger partial charge is 0.423 e. The predicted molar refractivity (Wildman–Crippen MR) is 141 cm³/mol. The first-order valence-corrected chi connectivity index (χ1v) is 11.8. The van der Waals surface area contributed by atoms with Gasteiger partial charge >= 0.3 is 0 Å². The summed E-state index contributed by atoms with van der Waals surface area (Å²) in [7, 11) is 3.35. The first kappa shape index (κ1) is 24.9. The van der Waals surface area contributed by atoms with Crippen molar-refractivity contribution in [2.75, 3.05) is 32.6 Å². The van der Waals surface area contributed by atoms with Crippen molar-refractivity contribution in [3.63, 3.8) is 0 Å². The quantitative estimate of drug-likeness (QED) is 0.344. The molecule has 0 fully saturated rings. The number of nitrogens with one attached hydrogen (secondary N) is 2. The van der Waals surface area contributed by atoms with Gasteiger partial charge in [-0.1, -0.05) is 25.1 Å². The lowest BCUT2D eigenvalue weighted by atomic mass is 9.96. The maximum absolute atomic E-state index is 12.8. The Balaban J connectivity index is 1.59. The summed E-state index contributed by atoms with van der Waals surface area (Å²) < 4.78 is 11.1. The summed E-state index contributed by atoms with van der Waals surface area (Å²) in [6, 6.07) is 15.3. The van der Waals surface area contributed by atoms with Gasteiger partial charge in [0.05, 0.1) is 12.8 Å². The summed E-state index contributed by atoms with van der Waals surface area (Å²) in [6.07, 6.45) is 4.06. The van der Waals surface area contributed by atoms with E-state index in [0.717, 1.165) is 34.4 Å². The van der Waals surface area contributed by atoms with E-state index >= 15 is 0 Å². The number of oxazole rings is 1. The minimum Gasteiger partial charge on any atom is -0.423 e. The second-order valence-corrected chi connectivity index (χ2v) is 8.54. The van der Waals surface area contributed by atoms with E-state index in [1.54, 1.807) is 43.6 Å². The molecule has 0 radical (unpaired) electrons. The van der Waals surface area contributed by atoms with Gasteiger partial charge in [0.2, 0.25) is 0 Å². The number of carbonyl (C=O) groups is 1. The van der Waals surface area contributed by atoms with Crippen LogP contribution in [0.4, 0.5) is 11.7 Å². The molecular weight excluding hydrogens is 456 g/mol. The maximum Gasteiger partial charge on any atom is 0.299 e. The zero-order valence-corrected chi connectivity index (χ0v) is 20.9. The summed E-state index contributed by atoms with van der Waals surface area (Å²) in [5.74, 6) is 0.473. The number of rotatable bonds is 9. The van der Waals surface area contributed by atoms with E-state index < -0.39 is 0 Å². The number of aryl methyl sites for hydroxylation is 2. The Morgan fingerprint density at radius 3 is 2.75 bits per heavy atom. The highest BCUT2D eigenvalue weighted by molar-refractivity contribution is 5.95. The Morgan fingerprint density at radius 1 is 1.17 bits per heavy atom. The van der Waals surface area contributed by atoms with Crippen LogP contribution in [0, 0.1) is 6.92 Å². The number of ether oxygens (including phenoxy) is 1. The zero-order valence-electron chi connectivity index (χ0n) is 20.9. The van der Waals surface area contributed by atoms with Gasteiger partial charge < -0.3 is 24.4 Å². The van der Waals surface area contributed by atoms with E-state index in [4.69, 9.17) is 9.15 Å². The van der Waals surface area contributed by atoms with Gasteiger partial charge in [-0.15, -0.1) is 0 Å². The average molecular weight is 487 g/mol. The normalized spacial score (nSPS) is 10.9. The highest BCUT2D eigenvalue weighted by atomic mass is 16.5. The predicted octanol–water partition coefficient (Wildman–Crippen LogP) is 5.03. The number of methoxy groups -OCH3 is 1. The molecule has 4 aromatic rings. The van der Waals surface area contributed by atoms with E-state index in [0.29, 0.717) is 36.1 Å². The Hall–Kier alpha value is -4.17. The van der Waals surface area contributed by atoms with Gasteiger partial charge in [-0.2, -0.15) is 0 Å². The molecule has 0 saturated carbocycles. The number of aromatic amines is 1. The third-order valence-corrected chi connectivity index (χ3v) is 6.09. The summed E-state index contributed by atoms with van der Waals surface area (Å²) >= 11 is 0. The van der Waals surface area contributed by atoms with Crippen molar-refractivity contribution in [2.45, 2.75) is 20.3 Å². The van der Waals surface area contributed by atoms with Gasteiger partial charge in [-0.05, 0) is 60.4 Å². The Bertz CT molecular complexity index is 1420. The molecule has 0 aliphatic carbocycles. The summed E-state index contributed by atoms with van der Waals surface area (Å²) in [4.78, 5) is 33.9. The Labute approximate surface area is 210 Å². The summed E-state index contributed by atoms with van der Waals surface area (Å²) in [5.41, 5.74) is 5.45. The molecule has 1 amide bonds. The van der Waals surface area contributed by atoms with Gasteiger partial charge in [-0.25, -0.2) is 4.98 Å². The second kappa shape index (κ2) is 11.0. The maximum atomic E-state index is 12.8. The number of nitrogens with zero attached hydrogens (tertiary/aromatic N) is 2. The lowest BCUT2D eigenvalue weighted by Gasteiger charge is -2.17. The van der Waals surface area contributed by atoms with Crippen molar-refractivity contribution in [2.24, 2.45) is 0 Å². The second-order valence-electron chi connectivity index (χ2n) is 8.54. The van der Waals surface area contributed by atoms with E-state index in [9.17, 15) is 9.59 Å². The van der Waals surface area contributed by atoms with Crippen LogP contribution in [-0.4, -0.2) is 48.1 Å². The molecule has 2 aromatic carbocycles. The number of hydrogen-bond donors (Lipinski definition) is 2. The Kier molecular flexibility index (Phi) is 7.65. The van der Waals surface area contributed by atoms with E-state index in [1.165, 1.54) is 0 Å². The molecule has 0 unspecified atom stereocenters. The molecule has 186 valence electrons. The smallest absolute Gasteiger partial charge is 0.299 e. The van der Waals surface area contributed by atoms with Crippen LogP contribution in [0.25, 0.3) is 22.5 Å². The molecule has 0 atom stereocenters. The molecule has 8 heteroatoms. The number of likely N-dealkylation sites (N-methyl/N-ethyl adjacent to an activating group) is 1. The number of pyridine rings is 1. The molecular formula is C28H30N4O4.